The summed E-state index contributed by atoms with van der Waals surface area (Å²) in [5, 5.41) is 0. The molecule has 0 atom stereocenters. The fourth-order valence-corrected chi connectivity index (χ4v) is 1.30. The summed E-state index contributed by atoms with van der Waals surface area (Å²) in [7, 11) is 0. The molecule has 3 heteroatoms. The summed E-state index contributed by atoms with van der Waals surface area (Å²) in [6.45, 7) is 0. The molecule has 0 radical (unpaired) electrons. The second-order valence-corrected chi connectivity index (χ2v) is 3.78. The maximum atomic E-state index is 12.6. The van der Waals surface area contributed by atoms with E-state index in [0.717, 1.165) is 3.57 Å². The van der Waals surface area contributed by atoms with Gasteiger partial charge in [0, 0.05) is 3.57 Å². The Bertz CT molecular complexity index is 202. The third-order valence-electron chi connectivity index (χ3n) is 0.904. The molecule has 0 fully saturated rings. The van der Waals surface area contributed by atoms with Gasteiger partial charge in [0.2, 0.25) is 0 Å². The summed E-state index contributed by atoms with van der Waals surface area (Å²) in [6, 6.07) is 5.05. The van der Waals surface area contributed by atoms with Crippen LogP contribution in [0.4, 0.5) is 4.39 Å². The lowest BCUT2D eigenvalue weighted by Gasteiger charge is -1.94. The smallest absolute Gasteiger partial charge is 0.137 e. The molecular weight excluding hydrogens is 345 g/mol. The van der Waals surface area contributed by atoms with Gasteiger partial charge >= 0.3 is 0 Å². The van der Waals surface area contributed by atoms with E-state index >= 15 is 0 Å². The molecular formula is C6H3FI2. The van der Waals surface area contributed by atoms with Gasteiger partial charge < -0.3 is 0 Å². The van der Waals surface area contributed by atoms with E-state index in [9.17, 15) is 4.39 Å². The van der Waals surface area contributed by atoms with E-state index in [1.54, 1.807) is 6.07 Å². The standard InChI is InChI=1S/C6H3FI2/c7-4-2-1-3-5(8)6(4)9/h1-3H. The van der Waals surface area contributed by atoms with Gasteiger partial charge in [-0.1, -0.05) is 6.07 Å². The molecule has 0 saturated heterocycles. The van der Waals surface area contributed by atoms with Crippen molar-refractivity contribution in [3.63, 3.8) is 0 Å². The van der Waals surface area contributed by atoms with Gasteiger partial charge in [-0.15, -0.1) is 0 Å². The van der Waals surface area contributed by atoms with E-state index in [1.165, 1.54) is 6.07 Å². The van der Waals surface area contributed by atoms with Crippen LogP contribution in [0.2, 0.25) is 0 Å². The molecule has 0 bridgehead atoms. The maximum absolute atomic E-state index is 12.6. The minimum atomic E-state index is -0.137. The third-order valence-corrected chi connectivity index (χ3v) is 3.93. The Balaban J connectivity index is 3.25. The Kier molecular flexibility index (Phi) is 2.69. The zero-order valence-electron chi connectivity index (χ0n) is 4.37. The van der Waals surface area contributed by atoms with Crippen molar-refractivity contribution in [3.05, 3.63) is 31.2 Å². The van der Waals surface area contributed by atoms with Crippen molar-refractivity contribution in [2.75, 3.05) is 0 Å². The third kappa shape index (κ3) is 1.76. The van der Waals surface area contributed by atoms with Gasteiger partial charge in [0.05, 0.1) is 3.57 Å². The van der Waals surface area contributed by atoms with Crippen molar-refractivity contribution >= 4 is 45.2 Å². The van der Waals surface area contributed by atoms with Gasteiger partial charge in [-0.25, -0.2) is 4.39 Å². The molecule has 0 aliphatic rings. The van der Waals surface area contributed by atoms with Crippen LogP contribution in [0.25, 0.3) is 0 Å². The quantitative estimate of drug-likeness (QED) is 0.500. The molecule has 0 nitrogen and oxygen atoms in total. The minimum absolute atomic E-state index is 0.137. The van der Waals surface area contributed by atoms with E-state index in [-0.39, 0.29) is 5.82 Å². The lowest BCUT2D eigenvalue weighted by molar-refractivity contribution is 0.619. The van der Waals surface area contributed by atoms with Gasteiger partial charge in [0.1, 0.15) is 5.82 Å². The number of hydrogen-bond acceptors (Lipinski definition) is 0. The highest BCUT2D eigenvalue weighted by atomic mass is 127. The average Bonchev–Trinajstić information content (AvgIpc) is 1.83. The monoisotopic (exact) mass is 348 g/mol. The average molecular weight is 348 g/mol. The Morgan fingerprint density at radius 3 is 2.33 bits per heavy atom. The molecule has 0 heterocycles. The largest absolute Gasteiger partial charge is 0.206 e. The normalized spacial score (nSPS) is 9.67. The van der Waals surface area contributed by atoms with Crippen LogP contribution < -0.4 is 0 Å². The minimum Gasteiger partial charge on any atom is -0.206 e. The Morgan fingerprint density at radius 2 is 1.89 bits per heavy atom. The lowest BCUT2D eigenvalue weighted by atomic mass is 10.4. The van der Waals surface area contributed by atoms with Crippen molar-refractivity contribution in [1.82, 2.24) is 0 Å². The molecule has 0 saturated carbocycles. The summed E-state index contributed by atoms with van der Waals surface area (Å²) in [5.74, 6) is -0.137. The first-order chi connectivity index (χ1) is 4.22. The van der Waals surface area contributed by atoms with Crippen molar-refractivity contribution in [2.24, 2.45) is 0 Å². The summed E-state index contributed by atoms with van der Waals surface area (Å²) in [5.41, 5.74) is 0. The molecule has 0 aliphatic heterocycles. The van der Waals surface area contributed by atoms with Crippen LogP contribution in [-0.4, -0.2) is 0 Å². The summed E-state index contributed by atoms with van der Waals surface area (Å²) in [4.78, 5) is 0. The lowest BCUT2D eigenvalue weighted by Crippen LogP contribution is -1.83. The first kappa shape index (κ1) is 7.71. The molecule has 0 amide bonds. The van der Waals surface area contributed by atoms with Crippen LogP contribution >= 0.6 is 45.2 Å². The summed E-state index contributed by atoms with van der Waals surface area (Å²) in [6.07, 6.45) is 0. The van der Waals surface area contributed by atoms with Crippen molar-refractivity contribution < 1.29 is 4.39 Å². The Hall–Kier alpha value is 0.610. The predicted molar refractivity (Wildman–Crippen MR) is 51.8 cm³/mol. The van der Waals surface area contributed by atoms with Crippen LogP contribution in [0, 0.1) is 13.0 Å². The fourth-order valence-electron chi connectivity index (χ4n) is 0.477. The molecule has 0 N–H and O–H groups in total. The predicted octanol–water partition coefficient (Wildman–Crippen LogP) is 3.03. The summed E-state index contributed by atoms with van der Waals surface area (Å²) >= 11 is 4.09. The fraction of sp³-hybridized carbons (Fsp3) is 0. The highest BCUT2D eigenvalue weighted by Crippen LogP contribution is 2.16. The van der Waals surface area contributed by atoms with Crippen LogP contribution in [0.15, 0.2) is 18.2 Å². The summed E-state index contributed by atoms with van der Waals surface area (Å²) < 4.78 is 14.2. The van der Waals surface area contributed by atoms with Crippen LogP contribution in [-0.2, 0) is 0 Å². The zero-order chi connectivity index (χ0) is 6.85. The second kappa shape index (κ2) is 3.14. The van der Waals surface area contributed by atoms with Gasteiger partial charge in [-0.05, 0) is 57.3 Å². The van der Waals surface area contributed by atoms with E-state index in [1.807, 2.05) is 28.7 Å². The molecule has 1 rings (SSSR count). The van der Waals surface area contributed by atoms with E-state index < -0.39 is 0 Å². The molecule has 0 spiro atoms. The van der Waals surface area contributed by atoms with Crippen molar-refractivity contribution in [3.8, 4) is 0 Å². The molecule has 48 valence electrons. The molecule has 1 aromatic carbocycles. The number of halogens is 3. The van der Waals surface area contributed by atoms with Gasteiger partial charge in [-0.2, -0.15) is 0 Å². The van der Waals surface area contributed by atoms with E-state index in [2.05, 4.69) is 22.6 Å². The van der Waals surface area contributed by atoms with E-state index in [4.69, 9.17) is 0 Å². The number of benzene rings is 1. The number of hydrogen-bond donors (Lipinski definition) is 0. The van der Waals surface area contributed by atoms with Gasteiger partial charge in [-0.3, -0.25) is 0 Å². The molecule has 9 heavy (non-hydrogen) atoms. The molecule has 0 aliphatic carbocycles. The second-order valence-electron chi connectivity index (χ2n) is 1.54. The first-order valence-corrected chi connectivity index (χ1v) is 4.47. The molecule has 0 aromatic heterocycles. The van der Waals surface area contributed by atoms with Crippen LogP contribution in [0.5, 0.6) is 0 Å². The Morgan fingerprint density at radius 1 is 1.22 bits per heavy atom. The zero-order valence-corrected chi connectivity index (χ0v) is 8.68. The highest BCUT2D eigenvalue weighted by molar-refractivity contribution is 14.1. The topological polar surface area (TPSA) is 0 Å². The van der Waals surface area contributed by atoms with Crippen molar-refractivity contribution in [2.45, 2.75) is 0 Å². The van der Waals surface area contributed by atoms with Crippen LogP contribution in [0.1, 0.15) is 0 Å². The van der Waals surface area contributed by atoms with E-state index in [0.29, 0.717) is 3.57 Å². The van der Waals surface area contributed by atoms with Gasteiger partial charge in [0.25, 0.3) is 0 Å². The maximum Gasteiger partial charge on any atom is 0.137 e. The number of rotatable bonds is 0. The Labute approximate surface area is 80.1 Å². The van der Waals surface area contributed by atoms with Gasteiger partial charge in [0.15, 0.2) is 0 Å². The first-order valence-electron chi connectivity index (χ1n) is 2.31. The van der Waals surface area contributed by atoms with Crippen molar-refractivity contribution in [1.29, 1.82) is 0 Å². The molecule has 1 aromatic rings. The SMILES string of the molecule is Fc1cccc(I)c1I. The van der Waals surface area contributed by atoms with Crippen LogP contribution in [0.3, 0.4) is 0 Å². The highest BCUT2D eigenvalue weighted by Gasteiger charge is 1.99. The molecule has 0 unspecified atom stereocenters.